The molecule has 0 saturated carbocycles. The molecule has 1 spiro atoms. The maximum Gasteiger partial charge on any atom is 0.237 e. The van der Waals surface area contributed by atoms with Gasteiger partial charge < -0.3 is 4.52 Å². The normalized spacial score (nSPS) is 18.9. The molecule has 2 heterocycles. The van der Waals surface area contributed by atoms with Gasteiger partial charge in [0.05, 0.1) is 12.0 Å². The summed E-state index contributed by atoms with van der Waals surface area (Å²) in [6.07, 6.45) is 1.52. The van der Waals surface area contributed by atoms with Crippen LogP contribution in [0.4, 0.5) is 0 Å². The summed E-state index contributed by atoms with van der Waals surface area (Å²) in [6, 6.07) is 8.03. The molecular formula is C18H19N3O3. The summed E-state index contributed by atoms with van der Waals surface area (Å²) in [5, 5.41) is 3.89. The molecule has 0 unspecified atom stereocenters. The highest BCUT2D eigenvalue weighted by molar-refractivity contribution is 6.06. The molecule has 0 bridgehead atoms. The number of hydrogen-bond acceptors (Lipinski definition) is 5. The minimum Gasteiger partial charge on any atom is -0.339 e. The summed E-state index contributed by atoms with van der Waals surface area (Å²) in [5.74, 6) is 0.759. The van der Waals surface area contributed by atoms with Crippen LogP contribution >= 0.6 is 0 Å². The molecule has 2 aliphatic rings. The predicted octanol–water partition coefficient (Wildman–Crippen LogP) is 2.24. The molecule has 0 radical (unpaired) electrons. The molecule has 6 heteroatoms. The number of hydrogen-bond donors (Lipinski definition) is 0. The monoisotopic (exact) mass is 325 g/mol. The summed E-state index contributed by atoms with van der Waals surface area (Å²) >= 11 is 0. The van der Waals surface area contributed by atoms with Crippen LogP contribution in [0.1, 0.15) is 49.0 Å². The second-order valence-electron chi connectivity index (χ2n) is 7.07. The van der Waals surface area contributed by atoms with E-state index in [1.165, 1.54) is 16.0 Å². The number of rotatable bonds is 3. The summed E-state index contributed by atoms with van der Waals surface area (Å²) in [5.41, 5.74) is 1.72. The first-order chi connectivity index (χ1) is 11.5. The fourth-order valence-electron chi connectivity index (χ4n) is 3.70. The van der Waals surface area contributed by atoms with Crippen molar-refractivity contribution < 1.29 is 14.1 Å². The molecule has 0 N–H and O–H groups in total. The van der Waals surface area contributed by atoms with Crippen molar-refractivity contribution in [2.45, 2.75) is 45.6 Å². The predicted molar refractivity (Wildman–Crippen MR) is 84.8 cm³/mol. The zero-order chi connectivity index (χ0) is 16.9. The molecule has 24 heavy (non-hydrogen) atoms. The molecule has 124 valence electrons. The van der Waals surface area contributed by atoms with Gasteiger partial charge in [-0.15, -0.1) is 0 Å². The third-order valence-electron chi connectivity index (χ3n) is 4.94. The van der Waals surface area contributed by atoms with Gasteiger partial charge >= 0.3 is 0 Å². The van der Waals surface area contributed by atoms with E-state index in [2.05, 4.69) is 10.1 Å². The number of aromatic nitrogens is 2. The fourth-order valence-corrected chi connectivity index (χ4v) is 3.70. The minimum atomic E-state index is -0.620. The van der Waals surface area contributed by atoms with Gasteiger partial charge in [0.1, 0.15) is 0 Å². The summed E-state index contributed by atoms with van der Waals surface area (Å²) in [4.78, 5) is 31.0. The van der Waals surface area contributed by atoms with Crippen molar-refractivity contribution in [3.8, 4) is 0 Å². The van der Waals surface area contributed by atoms with Gasteiger partial charge in [0, 0.05) is 12.3 Å². The molecule has 0 atom stereocenters. The van der Waals surface area contributed by atoms with Gasteiger partial charge in [-0.3, -0.25) is 14.5 Å². The second-order valence-corrected chi connectivity index (χ2v) is 7.07. The maximum absolute atomic E-state index is 13.0. The Hall–Kier alpha value is -2.50. The van der Waals surface area contributed by atoms with Crippen molar-refractivity contribution in [2.24, 2.45) is 5.41 Å². The highest BCUT2D eigenvalue weighted by Gasteiger charge is 2.54. The average molecular weight is 325 g/mol. The Morgan fingerprint density at radius 1 is 1.17 bits per heavy atom. The van der Waals surface area contributed by atoms with E-state index in [-0.39, 0.29) is 30.7 Å². The number of carbonyl (C=O) groups excluding carboxylic acids is 2. The van der Waals surface area contributed by atoms with Crippen LogP contribution in [0, 0.1) is 5.41 Å². The molecule has 1 aromatic heterocycles. The zero-order valence-corrected chi connectivity index (χ0v) is 13.8. The zero-order valence-electron chi connectivity index (χ0n) is 13.8. The van der Waals surface area contributed by atoms with E-state index >= 15 is 0 Å². The third-order valence-corrected chi connectivity index (χ3v) is 4.94. The molecule has 6 nitrogen and oxygen atoms in total. The molecule has 4 rings (SSSR count). The maximum atomic E-state index is 13.0. The van der Waals surface area contributed by atoms with E-state index in [0.717, 1.165) is 0 Å². The van der Waals surface area contributed by atoms with Crippen LogP contribution in [0.3, 0.4) is 0 Å². The Morgan fingerprint density at radius 3 is 2.42 bits per heavy atom. The van der Waals surface area contributed by atoms with Gasteiger partial charge in [0.25, 0.3) is 0 Å². The lowest BCUT2D eigenvalue weighted by Gasteiger charge is -2.20. The standard InChI is InChI=1S/C18H19N3O3/c1-11(2)16-19-14(20-24-16)10-21-15(22)9-18(17(21)23)7-12-5-3-4-6-13(12)8-18/h3-6,11H,7-10H2,1-2H3. The minimum absolute atomic E-state index is 0.0893. The highest BCUT2D eigenvalue weighted by atomic mass is 16.5. The van der Waals surface area contributed by atoms with Crippen LogP contribution in [-0.2, 0) is 29.0 Å². The van der Waals surface area contributed by atoms with Gasteiger partial charge in [-0.05, 0) is 24.0 Å². The second kappa shape index (κ2) is 5.26. The van der Waals surface area contributed by atoms with Gasteiger partial charge in [0.15, 0.2) is 5.82 Å². The molecule has 1 fully saturated rings. The first-order valence-electron chi connectivity index (χ1n) is 8.22. The molecule has 1 aliphatic carbocycles. The number of likely N-dealkylation sites (tertiary alicyclic amines) is 1. The van der Waals surface area contributed by atoms with E-state index < -0.39 is 5.41 Å². The van der Waals surface area contributed by atoms with E-state index in [4.69, 9.17) is 4.52 Å². The number of fused-ring (bicyclic) bond motifs is 1. The largest absolute Gasteiger partial charge is 0.339 e. The molecule has 1 saturated heterocycles. The molecule has 1 aliphatic heterocycles. The quantitative estimate of drug-likeness (QED) is 0.809. The van der Waals surface area contributed by atoms with Crippen molar-refractivity contribution in [1.82, 2.24) is 15.0 Å². The number of imide groups is 1. The van der Waals surface area contributed by atoms with Gasteiger partial charge in [-0.2, -0.15) is 4.98 Å². The van der Waals surface area contributed by atoms with Crippen LogP contribution in [-0.4, -0.2) is 26.9 Å². The number of nitrogens with zero attached hydrogens (tertiary/aromatic N) is 3. The van der Waals surface area contributed by atoms with E-state index in [1.807, 2.05) is 38.1 Å². The van der Waals surface area contributed by atoms with E-state index in [1.54, 1.807) is 0 Å². The average Bonchev–Trinajstić information content (AvgIpc) is 3.21. The van der Waals surface area contributed by atoms with Crippen LogP contribution in [0.2, 0.25) is 0 Å². The Balaban J connectivity index is 1.56. The lowest BCUT2D eigenvalue weighted by Crippen LogP contribution is -2.36. The summed E-state index contributed by atoms with van der Waals surface area (Å²) in [6.45, 7) is 3.99. The van der Waals surface area contributed by atoms with Crippen molar-refractivity contribution in [3.63, 3.8) is 0 Å². The van der Waals surface area contributed by atoms with Gasteiger partial charge in [-0.1, -0.05) is 43.3 Å². The summed E-state index contributed by atoms with van der Waals surface area (Å²) < 4.78 is 5.16. The third kappa shape index (κ3) is 2.25. The topological polar surface area (TPSA) is 76.3 Å². The van der Waals surface area contributed by atoms with E-state index in [0.29, 0.717) is 24.6 Å². The van der Waals surface area contributed by atoms with Crippen LogP contribution in [0.5, 0.6) is 0 Å². The first kappa shape index (κ1) is 15.1. The molecular weight excluding hydrogens is 306 g/mol. The smallest absolute Gasteiger partial charge is 0.237 e. The number of amides is 2. The molecule has 2 amide bonds. The van der Waals surface area contributed by atoms with Crippen molar-refractivity contribution in [3.05, 3.63) is 47.1 Å². The Bertz CT molecular complexity index is 799. The van der Waals surface area contributed by atoms with Crippen LogP contribution in [0.15, 0.2) is 28.8 Å². The fraction of sp³-hybridized carbons (Fsp3) is 0.444. The Kier molecular flexibility index (Phi) is 3.30. The lowest BCUT2D eigenvalue weighted by molar-refractivity contribution is -0.142. The van der Waals surface area contributed by atoms with E-state index in [9.17, 15) is 9.59 Å². The Morgan fingerprint density at radius 2 is 1.83 bits per heavy atom. The van der Waals surface area contributed by atoms with Crippen LogP contribution < -0.4 is 0 Å². The first-order valence-corrected chi connectivity index (χ1v) is 8.22. The lowest BCUT2D eigenvalue weighted by atomic mass is 9.83. The van der Waals surface area contributed by atoms with Crippen molar-refractivity contribution in [2.75, 3.05) is 0 Å². The van der Waals surface area contributed by atoms with Gasteiger partial charge in [0.2, 0.25) is 17.7 Å². The Labute approximate surface area is 139 Å². The van der Waals surface area contributed by atoms with Gasteiger partial charge in [-0.25, -0.2) is 0 Å². The van der Waals surface area contributed by atoms with Crippen molar-refractivity contribution in [1.29, 1.82) is 0 Å². The SMILES string of the molecule is CC(C)c1nc(CN2C(=O)CC3(Cc4ccccc4C3)C2=O)no1. The number of benzene rings is 1. The van der Waals surface area contributed by atoms with Crippen LogP contribution in [0.25, 0.3) is 0 Å². The van der Waals surface area contributed by atoms with Crippen molar-refractivity contribution >= 4 is 11.8 Å². The number of carbonyl (C=O) groups is 2. The molecule has 1 aromatic carbocycles. The summed E-state index contributed by atoms with van der Waals surface area (Å²) in [7, 11) is 0. The molecule has 2 aromatic rings. The highest BCUT2D eigenvalue weighted by Crippen LogP contribution is 2.45.